The number of benzene rings is 1. The Balaban J connectivity index is 1.46. The molecule has 0 saturated carbocycles. The Morgan fingerprint density at radius 3 is 2.92 bits per heavy atom. The maximum absolute atomic E-state index is 13.0. The van der Waals surface area contributed by atoms with Gasteiger partial charge >= 0.3 is 0 Å². The van der Waals surface area contributed by atoms with Gasteiger partial charge in [-0.2, -0.15) is 0 Å². The van der Waals surface area contributed by atoms with Crippen LogP contribution in [0.15, 0.2) is 41.2 Å². The summed E-state index contributed by atoms with van der Waals surface area (Å²) in [5.74, 6) is 0. The number of hydrogen-bond donors (Lipinski definition) is 2. The topological polar surface area (TPSA) is 65.4 Å². The van der Waals surface area contributed by atoms with Crippen molar-refractivity contribution in [1.82, 2.24) is 24.8 Å². The van der Waals surface area contributed by atoms with Crippen molar-refractivity contribution in [2.45, 2.75) is 38.4 Å². The monoisotopic (exact) mass is 349 g/mol. The summed E-state index contributed by atoms with van der Waals surface area (Å²) in [6.07, 6.45) is 3.11. The van der Waals surface area contributed by atoms with Gasteiger partial charge in [0.1, 0.15) is 0 Å². The van der Waals surface area contributed by atoms with Crippen LogP contribution >= 0.6 is 0 Å². The Kier molecular flexibility index (Phi) is 3.87. The van der Waals surface area contributed by atoms with Crippen LogP contribution in [0.1, 0.15) is 41.4 Å². The number of rotatable bonds is 3. The van der Waals surface area contributed by atoms with E-state index in [0.29, 0.717) is 12.6 Å². The highest BCUT2D eigenvalue weighted by Crippen LogP contribution is 2.23. The van der Waals surface area contributed by atoms with E-state index >= 15 is 0 Å². The highest BCUT2D eigenvalue weighted by molar-refractivity contribution is 5.43. The fraction of sp³-hybridized carbons (Fsp3) is 0.400. The summed E-state index contributed by atoms with van der Waals surface area (Å²) < 4.78 is 1.63. The van der Waals surface area contributed by atoms with Crippen molar-refractivity contribution < 1.29 is 0 Å². The fourth-order valence-electron chi connectivity index (χ4n) is 4.16. The number of H-pyrrole nitrogens is 1. The summed E-state index contributed by atoms with van der Waals surface area (Å²) >= 11 is 0. The molecule has 1 saturated heterocycles. The molecule has 26 heavy (non-hydrogen) atoms. The minimum atomic E-state index is 0.0482. The van der Waals surface area contributed by atoms with Crippen molar-refractivity contribution in [2.75, 3.05) is 13.1 Å². The summed E-state index contributed by atoms with van der Waals surface area (Å²) in [6, 6.07) is 12.8. The Labute approximate surface area is 151 Å². The van der Waals surface area contributed by atoms with Gasteiger partial charge in [-0.05, 0) is 24.9 Å². The summed E-state index contributed by atoms with van der Waals surface area (Å²) in [6.45, 7) is 3.50. The first-order valence-electron chi connectivity index (χ1n) is 9.41. The number of aromatic nitrogens is 3. The summed E-state index contributed by atoms with van der Waals surface area (Å²) in [5, 5.41) is 6.76. The third-order valence-electron chi connectivity index (χ3n) is 5.54. The van der Waals surface area contributed by atoms with E-state index in [9.17, 15) is 4.79 Å². The van der Waals surface area contributed by atoms with Crippen molar-refractivity contribution in [3.05, 3.63) is 69.3 Å². The maximum atomic E-state index is 13.0. The molecule has 0 bridgehead atoms. The van der Waals surface area contributed by atoms with E-state index in [2.05, 4.69) is 39.6 Å². The van der Waals surface area contributed by atoms with Gasteiger partial charge in [0, 0.05) is 38.2 Å². The minimum absolute atomic E-state index is 0.0482. The van der Waals surface area contributed by atoms with E-state index in [1.54, 1.807) is 4.52 Å². The van der Waals surface area contributed by atoms with Crippen molar-refractivity contribution in [1.29, 1.82) is 0 Å². The normalized spacial score (nSPS) is 20.5. The Morgan fingerprint density at radius 1 is 1.23 bits per heavy atom. The number of nitrogens with one attached hydrogen (secondary N) is 2. The van der Waals surface area contributed by atoms with Gasteiger partial charge < -0.3 is 5.32 Å². The molecule has 1 fully saturated rings. The summed E-state index contributed by atoms with van der Waals surface area (Å²) in [7, 11) is 0. The second kappa shape index (κ2) is 6.37. The molecule has 134 valence electrons. The first-order chi connectivity index (χ1) is 12.8. The fourth-order valence-corrected chi connectivity index (χ4v) is 4.16. The Morgan fingerprint density at radius 2 is 2.12 bits per heavy atom. The quantitative estimate of drug-likeness (QED) is 0.759. The molecule has 6 nitrogen and oxygen atoms in total. The van der Waals surface area contributed by atoms with E-state index in [-0.39, 0.29) is 5.56 Å². The summed E-state index contributed by atoms with van der Waals surface area (Å²) in [4.78, 5) is 20.2. The molecule has 1 aromatic carbocycles. The van der Waals surface area contributed by atoms with E-state index in [0.717, 1.165) is 55.1 Å². The first-order valence-corrected chi connectivity index (χ1v) is 9.41. The molecule has 0 spiro atoms. The van der Waals surface area contributed by atoms with Gasteiger partial charge in [-0.1, -0.05) is 30.3 Å². The molecule has 2 aliphatic rings. The highest BCUT2D eigenvalue weighted by Gasteiger charge is 2.24. The second-order valence-electron chi connectivity index (χ2n) is 7.34. The van der Waals surface area contributed by atoms with Crippen molar-refractivity contribution in [3.63, 3.8) is 0 Å². The van der Waals surface area contributed by atoms with Crippen LogP contribution in [0, 0.1) is 0 Å². The molecule has 0 unspecified atom stereocenters. The van der Waals surface area contributed by atoms with Gasteiger partial charge in [0.2, 0.25) is 0 Å². The predicted octanol–water partition coefficient (Wildman–Crippen LogP) is 2.01. The lowest BCUT2D eigenvalue weighted by Gasteiger charge is -2.27. The minimum Gasteiger partial charge on any atom is -0.309 e. The molecular weight excluding hydrogens is 326 g/mol. The molecule has 0 amide bonds. The van der Waals surface area contributed by atoms with Gasteiger partial charge in [0.25, 0.3) is 5.56 Å². The average Bonchev–Trinajstić information content (AvgIpc) is 3.33. The lowest BCUT2D eigenvalue weighted by Crippen LogP contribution is -2.36. The zero-order valence-corrected chi connectivity index (χ0v) is 14.7. The molecule has 0 radical (unpaired) electrons. The van der Waals surface area contributed by atoms with Gasteiger partial charge in [-0.25, -0.2) is 9.50 Å². The van der Waals surface area contributed by atoms with E-state index in [4.69, 9.17) is 4.98 Å². The molecule has 1 atom stereocenters. The van der Waals surface area contributed by atoms with Crippen molar-refractivity contribution >= 4 is 5.65 Å². The van der Waals surface area contributed by atoms with Crippen LogP contribution < -0.4 is 10.9 Å². The number of nitrogens with zero attached hydrogens (tertiary/aromatic N) is 3. The number of aromatic amines is 1. The summed E-state index contributed by atoms with van der Waals surface area (Å²) in [5.41, 5.74) is 4.93. The lowest BCUT2D eigenvalue weighted by atomic mass is 10.1. The smallest absolute Gasteiger partial charge is 0.277 e. The Hall–Kier alpha value is -2.44. The van der Waals surface area contributed by atoms with Gasteiger partial charge in [0.15, 0.2) is 5.65 Å². The molecular formula is C20H23N5O. The second-order valence-corrected chi connectivity index (χ2v) is 7.34. The zero-order valence-electron chi connectivity index (χ0n) is 14.7. The molecule has 0 aliphatic carbocycles. The third kappa shape index (κ3) is 2.75. The van der Waals surface area contributed by atoms with Crippen LogP contribution in [0.2, 0.25) is 0 Å². The van der Waals surface area contributed by atoms with E-state index in [1.165, 1.54) is 12.0 Å². The largest absolute Gasteiger partial charge is 0.309 e. The zero-order chi connectivity index (χ0) is 17.5. The van der Waals surface area contributed by atoms with Crippen LogP contribution in [0.25, 0.3) is 5.65 Å². The molecule has 5 rings (SSSR count). The van der Waals surface area contributed by atoms with E-state index in [1.807, 2.05) is 12.1 Å². The SMILES string of the molecule is O=c1c2c(nc3cc([C@@H]4CCCN4)[nH]n13)CCN(Cc1ccccc1)C2. The predicted molar refractivity (Wildman–Crippen MR) is 100 cm³/mol. The molecule has 6 heteroatoms. The molecule has 3 aromatic rings. The average molecular weight is 349 g/mol. The highest BCUT2D eigenvalue weighted by atomic mass is 16.1. The third-order valence-corrected chi connectivity index (χ3v) is 5.54. The lowest BCUT2D eigenvalue weighted by molar-refractivity contribution is 0.241. The van der Waals surface area contributed by atoms with Crippen LogP contribution in [0.4, 0.5) is 0 Å². The molecule has 2 aliphatic heterocycles. The first kappa shape index (κ1) is 15.8. The maximum Gasteiger partial charge on any atom is 0.277 e. The van der Waals surface area contributed by atoms with Crippen molar-refractivity contribution in [2.24, 2.45) is 0 Å². The van der Waals surface area contributed by atoms with Crippen LogP contribution in [-0.4, -0.2) is 32.6 Å². The molecule has 4 heterocycles. The molecule has 2 N–H and O–H groups in total. The molecule has 2 aromatic heterocycles. The number of fused-ring (bicyclic) bond motifs is 2. The van der Waals surface area contributed by atoms with Crippen LogP contribution in [0.5, 0.6) is 0 Å². The van der Waals surface area contributed by atoms with Gasteiger partial charge in [-0.15, -0.1) is 0 Å². The number of hydrogen-bond acceptors (Lipinski definition) is 4. The van der Waals surface area contributed by atoms with Gasteiger partial charge in [0.05, 0.1) is 17.0 Å². The van der Waals surface area contributed by atoms with Crippen LogP contribution in [-0.2, 0) is 19.5 Å². The van der Waals surface area contributed by atoms with Crippen molar-refractivity contribution in [3.8, 4) is 0 Å². The van der Waals surface area contributed by atoms with Crippen LogP contribution in [0.3, 0.4) is 0 Å². The Bertz CT molecular complexity index is 985. The standard InChI is InChI=1S/C20H23N5O/c26-20-15-13-24(12-14-5-2-1-3-6-14)10-8-16(15)22-19-11-18(23-25(19)20)17-7-4-9-21-17/h1-3,5-6,11,17,21,23H,4,7-10,12-13H2/t17-/m0/s1. The van der Waals surface area contributed by atoms with Gasteiger partial charge in [-0.3, -0.25) is 14.8 Å². The van der Waals surface area contributed by atoms with E-state index < -0.39 is 0 Å².